The lowest BCUT2D eigenvalue weighted by Crippen LogP contribution is -2.20. The molecule has 1 N–H and O–H groups in total. The van der Waals surface area contributed by atoms with E-state index in [-0.39, 0.29) is 11.9 Å². The van der Waals surface area contributed by atoms with Crippen molar-refractivity contribution in [3.8, 4) is 0 Å². The third-order valence-electron chi connectivity index (χ3n) is 3.79. The van der Waals surface area contributed by atoms with Gasteiger partial charge in [-0.05, 0) is 12.3 Å². The van der Waals surface area contributed by atoms with Gasteiger partial charge in [-0.25, -0.2) is 4.79 Å². The van der Waals surface area contributed by atoms with Crippen LogP contribution in [0.25, 0.3) is 0 Å². The minimum atomic E-state index is -0.981. The van der Waals surface area contributed by atoms with E-state index in [0.29, 0.717) is 12.5 Å². The fourth-order valence-electron chi connectivity index (χ4n) is 1.81. The number of carboxylic acids is 1. The van der Waals surface area contributed by atoms with Gasteiger partial charge in [0.15, 0.2) is 0 Å². The molecule has 0 radical (unpaired) electrons. The minimum Gasteiger partial charge on any atom is -0.478 e. The Bertz CT molecular complexity index is 310. The second kappa shape index (κ2) is 17.0. The summed E-state index contributed by atoms with van der Waals surface area (Å²) in [5.41, 5.74) is 0. The Hall–Kier alpha value is -1.32. The molecule has 1 atom stereocenters. The van der Waals surface area contributed by atoms with E-state index in [9.17, 15) is 9.59 Å². The third-order valence-corrected chi connectivity index (χ3v) is 3.79. The molecular weight excluding hydrogens is 292 g/mol. The van der Waals surface area contributed by atoms with Crippen LogP contribution in [0.5, 0.6) is 0 Å². The van der Waals surface area contributed by atoms with E-state index in [1.807, 2.05) is 6.92 Å². The monoisotopic (exact) mass is 328 g/mol. The topological polar surface area (TPSA) is 63.6 Å². The van der Waals surface area contributed by atoms with Gasteiger partial charge in [0, 0.05) is 6.08 Å². The lowest BCUT2D eigenvalue weighted by atomic mass is 9.99. The quantitative estimate of drug-likeness (QED) is 0.303. The van der Waals surface area contributed by atoms with Crippen molar-refractivity contribution in [2.75, 3.05) is 6.61 Å². The summed E-state index contributed by atoms with van der Waals surface area (Å²) in [6.45, 7) is 11.9. The van der Waals surface area contributed by atoms with E-state index >= 15 is 0 Å². The van der Waals surface area contributed by atoms with Crippen LogP contribution in [0, 0.1) is 11.8 Å². The van der Waals surface area contributed by atoms with Crippen LogP contribution < -0.4 is 0 Å². The van der Waals surface area contributed by atoms with Crippen LogP contribution in [0.4, 0.5) is 0 Å². The average molecular weight is 328 g/mol. The third kappa shape index (κ3) is 18.6. The highest BCUT2D eigenvalue weighted by Crippen LogP contribution is 2.12. The highest BCUT2D eigenvalue weighted by Gasteiger charge is 2.17. The molecule has 0 spiro atoms. The van der Waals surface area contributed by atoms with Crippen LogP contribution in [0.1, 0.15) is 79.1 Å². The van der Waals surface area contributed by atoms with Gasteiger partial charge >= 0.3 is 11.9 Å². The van der Waals surface area contributed by atoms with Crippen molar-refractivity contribution in [3.05, 3.63) is 12.7 Å². The number of esters is 1. The first-order valence-electron chi connectivity index (χ1n) is 8.88. The Morgan fingerprint density at radius 2 is 1.43 bits per heavy atom. The molecule has 0 aliphatic rings. The zero-order chi connectivity index (χ0) is 18.1. The van der Waals surface area contributed by atoms with Gasteiger partial charge in [0.05, 0.1) is 12.5 Å². The van der Waals surface area contributed by atoms with E-state index in [0.717, 1.165) is 12.5 Å². The Balaban J connectivity index is 0. The summed E-state index contributed by atoms with van der Waals surface area (Å²) < 4.78 is 5.27. The second-order valence-electron chi connectivity index (χ2n) is 6.22. The number of ether oxygens (including phenoxy) is 1. The highest BCUT2D eigenvalue weighted by molar-refractivity contribution is 5.78. The van der Waals surface area contributed by atoms with Gasteiger partial charge in [-0.15, -0.1) is 0 Å². The Morgan fingerprint density at radius 3 is 1.83 bits per heavy atom. The molecule has 4 heteroatoms. The molecule has 0 aromatic heterocycles. The number of unbranched alkanes of at least 4 members (excludes halogenated alkanes) is 7. The Kier molecular flexibility index (Phi) is 17.7. The lowest BCUT2D eigenvalue weighted by molar-refractivity contribution is -0.149. The van der Waals surface area contributed by atoms with Crippen LogP contribution in [0.3, 0.4) is 0 Å². The molecule has 4 nitrogen and oxygen atoms in total. The first-order valence-corrected chi connectivity index (χ1v) is 8.88. The normalized spacial score (nSPS) is 11.3. The van der Waals surface area contributed by atoms with E-state index in [2.05, 4.69) is 27.4 Å². The van der Waals surface area contributed by atoms with E-state index in [1.54, 1.807) is 0 Å². The van der Waals surface area contributed by atoms with E-state index < -0.39 is 5.97 Å². The number of aliphatic carboxylic acids is 1. The molecule has 0 heterocycles. The Morgan fingerprint density at radius 1 is 1.00 bits per heavy atom. The van der Waals surface area contributed by atoms with Crippen molar-refractivity contribution < 1.29 is 19.4 Å². The highest BCUT2D eigenvalue weighted by atomic mass is 16.5. The average Bonchev–Trinajstić information content (AvgIpc) is 2.52. The minimum absolute atomic E-state index is 0.0269. The molecule has 136 valence electrons. The first-order chi connectivity index (χ1) is 10.9. The van der Waals surface area contributed by atoms with Gasteiger partial charge in [0.1, 0.15) is 0 Å². The maximum absolute atomic E-state index is 11.6. The summed E-state index contributed by atoms with van der Waals surface area (Å²) in [6.07, 6.45) is 11.1. The maximum atomic E-state index is 11.6. The molecule has 0 amide bonds. The number of hydrogen-bond acceptors (Lipinski definition) is 3. The number of carboxylic acid groups (broad SMARTS) is 1. The summed E-state index contributed by atoms with van der Waals surface area (Å²) in [4.78, 5) is 20.8. The van der Waals surface area contributed by atoms with E-state index in [1.165, 1.54) is 44.9 Å². The molecule has 0 aliphatic heterocycles. The van der Waals surface area contributed by atoms with Gasteiger partial charge in [0.25, 0.3) is 0 Å². The van der Waals surface area contributed by atoms with Crippen molar-refractivity contribution >= 4 is 11.9 Å². The molecule has 0 aromatic carbocycles. The zero-order valence-electron chi connectivity index (χ0n) is 15.5. The summed E-state index contributed by atoms with van der Waals surface area (Å²) in [7, 11) is 0. The summed E-state index contributed by atoms with van der Waals surface area (Å²) in [5, 5.41) is 7.60. The van der Waals surface area contributed by atoms with Gasteiger partial charge < -0.3 is 9.84 Å². The van der Waals surface area contributed by atoms with Gasteiger partial charge in [0.2, 0.25) is 0 Å². The van der Waals surface area contributed by atoms with Crippen LogP contribution in [0.2, 0.25) is 0 Å². The van der Waals surface area contributed by atoms with Crippen LogP contribution in [0.15, 0.2) is 12.7 Å². The van der Waals surface area contributed by atoms with Gasteiger partial charge in [-0.3, -0.25) is 4.79 Å². The molecule has 0 fully saturated rings. The van der Waals surface area contributed by atoms with E-state index in [4.69, 9.17) is 9.84 Å². The molecule has 1 unspecified atom stereocenters. The maximum Gasteiger partial charge on any atom is 0.327 e. The Labute approximate surface area is 142 Å². The predicted molar refractivity (Wildman–Crippen MR) is 95.4 cm³/mol. The van der Waals surface area contributed by atoms with Crippen LogP contribution in [-0.4, -0.2) is 23.7 Å². The summed E-state index contributed by atoms with van der Waals surface area (Å²) >= 11 is 0. The fraction of sp³-hybridized carbons (Fsp3) is 0.789. The van der Waals surface area contributed by atoms with Crippen LogP contribution >= 0.6 is 0 Å². The molecule has 23 heavy (non-hydrogen) atoms. The first kappa shape index (κ1) is 23.9. The molecule has 0 rings (SSSR count). The van der Waals surface area contributed by atoms with Crippen molar-refractivity contribution in [2.24, 2.45) is 11.8 Å². The second-order valence-corrected chi connectivity index (χ2v) is 6.22. The van der Waals surface area contributed by atoms with Gasteiger partial charge in [-0.2, -0.15) is 0 Å². The number of rotatable bonds is 12. The SMILES string of the molecule is C=CC(=O)O.CCCCCCCCCCOC(=O)C(C)C(C)C. The van der Waals surface area contributed by atoms with Crippen molar-refractivity contribution in [1.82, 2.24) is 0 Å². The van der Waals surface area contributed by atoms with Gasteiger partial charge in [-0.1, -0.05) is 79.2 Å². The molecule has 0 saturated heterocycles. The smallest absolute Gasteiger partial charge is 0.327 e. The van der Waals surface area contributed by atoms with Crippen molar-refractivity contribution in [3.63, 3.8) is 0 Å². The fourth-order valence-corrected chi connectivity index (χ4v) is 1.81. The standard InChI is InChI=1S/C16H32O2.C3H4O2/c1-5-6-7-8-9-10-11-12-13-18-16(17)15(4)14(2)3;1-2-3(4)5/h14-15H,5-13H2,1-4H3;2H,1H2,(H,4,5). The molecule has 0 aromatic rings. The largest absolute Gasteiger partial charge is 0.478 e. The molecule has 0 bridgehead atoms. The number of hydrogen-bond donors (Lipinski definition) is 1. The van der Waals surface area contributed by atoms with Crippen LogP contribution in [-0.2, 0) is 14.3 Å². The zero-order valence-corrected chi connectivity index (χ0v) is 15.5. The van der Waals surface area contributed by atoms with Crippen molar-refractivity contribution in [2.45, 2.75) is 79.1 Å². The number of carbonyl (C=O) groups is 2. The number of carbonyl (C=O) groups excluding carboxylic acids is 1. The molecule has 0 aliphatic carbocycles. The molecular formula is C19H36O4. The summed E-state index contributed by atoms with van der Waals surface area (Å²) in [6, 6.07) is 0. The predicted octanol–water partition coefficient (Wildman–Crippen LogP) is 5.22. The lowest BCUT2D eigenvalue weighted by Gasteiger charge is -2.14. The van der Waals surface area contributed by atoms with Crippen molar-refractivity contribution in [1.29, 1.82) is 0 Å². The summed E-state index contributed by atoms with van der Waals surface area (Å²) in [5.74, 6) is -0.618. The molecule has 0 saturated carbocycles.